The van der Waals surface area contributed by atoms with Gasteiger partial charge in [0.25, 0.3) is 5.91 Å². The fourth-order valence-corrected chi connectivity index (χ4v) is 2.89. The Morgan fingerprint density at radius 1 is 1.65 bits per heavy atom. The third-order valence-corrected chi connectivity index (χ3v) is 4.01. The van der Waals surface area contributed by atoms with Crippen LogP contribution in [0.25, 0.3) is 0 Å². The van der Waals surface area contributed by atoms with Crippen molar-refractivity contribution in [1.29, 1.82) is 0 Å². The average molecular weight is 256 g/mol. The van der Waals surface area contributed by atoms with Gasteiger partial charge in [-0.15, -0.1) is 0 Å². The molecule has 0 unspecified atom stereocenters. The number of nitrogens with two attached hydrogens (primary N) is 2. The summed E-state index contributed by atoms with van der Waals surface area (Å²) in [7, 11) is 1.88. The molecule has 1 aromatic heterocycles. The number of hydrogen-bond donors (Lipinski definition) is 3. The molecule has 17 heavy (non-hydrogen) atoms. The molecular weight excluding hydrogens is 240 g/mol. The van der Waals surface area contributed by atoms with Crippen LogP contribution in [-0.4, -0.2) is 35.1 Å². The normalized spacial score (nSPS) is 23.2. The molecule has 0 spiro atoms. The first kappa shape index (κ1) is 12.1. The summed E-state index contributed by atoms with van der Waals surface area (Å²) < 4.78 is 3.95. The number of aliphatic hydroxyl groups excluding tert-OH is 1. The van der Waals surface area contributed by atoms with Gasteiger partial charge in [-0.25, -0.2) is 0 Å². The number of primary amides is 1. The van der Waals surface area contributed by atoms with E-state index < -0.39 is 5.91 Å². The van der Waals surface area contributed by atoms with Gasteiger partial charge in [0.05, 0.1) is 6.10 Å². The van der Waals surface area contributed by atoms with Crippen molar-refractivity contribution in [2.75, 3.05) is 24.2 Å². The summed E-state index contributed by atoms with van der Waals surface area (Å²) in [5.74, 6) is 0.101. The molecule has 0 atom stereocenters. The summed E-state index contributed by atoms with van der Waals surface area (Å²) in [5.41, 5.74) is 11.2. The SMILES string of the molecule is CN(CC1CC(O)C1)c1snc(N)c1C(N)=O. The van der Waals surface area contributed by atoms with Gasteiger partial charge >= 0.3 is 0 Å². The van der Waals surface area contributed by atoms with E-state index in [4.69, 9.17) is 11.5 Å². The van der Waals surface area contributed by atoms with Crippen molar-refractivity contribution in [2.24, 2.45) is 11.7 Å². The molecule has 1 aliphatic carbocycles. The van der Waals surface area contributed by atoms with Gasteiger partial charge in [-0.1, -0.05) is 0 Å². The summed E-state index contributed by atoms with van der Waals surface area (Å²) in [5, 5.41) is 9.93. The van der Waals surface area contributed by atoms with E-state index in [1.54, 1.807) is 0 Å². The molecule has 94 valence electrons. The molecule has 0 radical (unpaired) electrons. The van der Waals surface area contributed by atoms with Crippen LogP contribution in [-0.2, 0) is 0 Å². The summed E-state index contributed by atoms with van der Waals surface area (Å²) >= 11 is 1.18. The minimum atomic E-state index is -0.549. The predicted molar refractivity (Wildman–Crippen MR) is 67.0 cm³/mol. The number of amides is 1. The molecule has 1 heterocycles. The van der Waals surface area contributed by atoms with Gasteiger partial charge in [0, 0.05) is 13.6 Å². The lowest BCUT2D eigenvalue weighted by molar-refractivity contribution is 0.0465. The third kappa shape index (κ3) is 2.34. The average Bonchev–Trinajstić information content (AvgIpc) is 2.57. The second-order valence-electron chi connectivity index (χ2n) is 4.48. The molecule has 1 aliphatic rings. The Kier molecular flexibility index (Phi) is 3.21. The lowest BCUT2D eigenvalue weighted by atomic mass is 9.82. The highest BCUT2D eigenvalue weighted by atomic mass is 32.1. The first-order valence-electron chi connectivity index (χ1n) is 5.43. The molecule has 1 saturated carbocycles. The number of rotatable bonds is 4. The highest BCUT2D eigenvalue weighted by molar-refractivity contribution is 7.11. The zero-order chi connectivity index (χ0) is 12.6. The third-order valence-electron chi connectivity index (χ3n) is 3.04. The highest BCUT2D eigenvalue weighted by Crippen LogP contribution is 2.33. The van der Waals surface area contributed by atoms with Crippen molar-refractivity contribution in [3.63, 3.8) is 0 Å². The first-order valence-corrected chi connectivity index (χ1v) is 6.20. The van der Waals surface area contributed by atoms with E-state index in [0.29, 0.717) is 16.5 Å². The molecule has 1 fully saturated rings. The van der Waals surface area contributed by atoms with Gasteiger partial charge in [-0.2, -0.15) is 4.37 Å². The van der Waals surface area contributed by atoms with Crippen molar-refractivity contribution in [3.05, 3.63) is 5.56 Å². The maximum absolute atomic E-state index is 11.3. The van der Waals surface area contributed by atoms with Crippen LogP contribution in [0.2, 0.25) is 0 Å². The number of anilines is 2. The topological polar surface area (TPSA) is 105 Å². The molecule has 0 aliphatic heterocycles. The fraction of sp³-hybridized carbons (Fsp3) is 0.600. The molecule has 0 saturated heterocycles. The maximum Gasteiger partial charge on any atom is 0.255 e. The van der Waals surface area contributed by atoms with Gasteiger partial charge in [0.15, 0.2) is 5.82 Å². The van der Waals surface area contributed by atoms with Crippen LogP contribution < -0.4 is 16.4 Å². The minimum Gasteiger partial charge on any atom is -0.393 e. The van der Waals surface area contributed by atoms with Crippen LogP contribution in [0.1, 0.15) is 23.2 Å². The van der Waals surface area contributed by atoms with E-state index in [9.17, 15) is 9.90 Å². The summed E-state index contributed by atoms with van der Waals surface area (Å²) in [6, 6.07) is 0. The van der Waals surface area contributed by atoms with E-state index in [1.807, 2.05) is 11.9 Å². The minimum absolute atomic E-state index is 0.171. The Bertz CT molecular complexity index is 428. The number of carbonyl (C=O) groups excluding carboxylic acids is 1. The van der Waals surface area contributed by atoms with Crippen LogP contribution in [0.5, 0.6) is 0 Å². The van der Waals surface area contributed by atoms with Gasteiger partial charge in [0.2, 0.25) is 0 Å². The quantitative estimate of drug-likeness (QED) is 0.705. The summed E-state index contributed by atoms with van der Waals surface area (Å²) in [6.45, 7) is 0.777. The van der Waals surface area contributed by atoms with Crippen LogP contribution in [0.15, 0.2) is 0 Å². The number of aliphatic hydroxyl groups is 1. The van der Waals surface area contributed by atoms with Gasteiger partial charge in [0.1, 0.15) is 10.6 Å². The molecule has 0 aromatic carbocycles. The number of nitrogens with zero attached hydrogens (tertiary/aromatic N) is 2. The number of carbonyl (C=O) groups is 1. The molecule has 2 rings (SSSR count). The Hall–Kier alpha value is -1.34. The van der Waals surface area contributed by atoms with Crippen molar-refractivity contribution in [1.82, 2.24) is 4.37 Å². The molecule has 6 nitrogen and oxygen atoms in total. The molecule has 1 amide bonds. The van der Waals surface area contributed by atoms with E-state index in [1.165, 1.54) is 11.5 Å². The summed E-state index contributed by atoms with van der Waals surface area (Å²) in [6.07, 6.45) is 1.45. The first-order chi connectivity index (χ1) is 7.99. The Morgan fingerprint density at radius 3 is 2.82 bits per heavy atom. The summed E-state index contributed by atoms with van der Waals surface area (Å²) in [4.78, 5) is 13.2. The van der Waals surface area contributed by atoms with Crippen LogP contribution in [0.3, 0.4) is 0 Å². The Balaban J connectivity index is 2.08. The van der Waals surface area contributed by atoms with Crippen molar-refractivity contribution >= 4 is 28.3 Å². The van der Waals surface area contributed by atoms with Crippen LogP contribution in [0.4, 0.5) is 10.8 Å². The maximum atomic E-state index is 11.3. The highest BCUT2D eigenvalue weighted by Gasteiger charge is 2.29. The van der Waals surface area contributed by atoms with E-state index in [-0.39, 0.29) is 11.9 Å². The smallest absolute Gasteiger partial charge is 0.255 e. The van der Waals surface area contributed by atoms with Crippen LogP contribution >= 0.6 is 11.5 Å². The van der Waals surface area contributed by atoms with Crippen molar-refractivity contribution < 1.29 is 9.90 Å². The lowest BCUT2D eigenvalue weighted by Gasteiger charge is -2.34. The van der Waals surface area contributed by atoms with Crippen molar-refractivity contribution in [2.45, 2.75) is 18.9 Å². The number of hydrogen-bond acceptors (Lipinski definition) is 6. The van der Waals surface area contributed by atoms with E-state index in [0.717, 1.165) is 19.4 Å². The Labute approximate surface area is 103 Å². The van der Waals surface area contributed by atoms with Gasteiger partial charge in [-0.05, 0) is 30.3 Å². The number of nitrogen functional groups attached to an aromatic ring is 1. The monoisotopic (exact) mass is 256 g/mol. The fourth-order valence-electron chi connectivity index (χ4n) is 2.11. The largest absolute Gasteiger partial charge is 0.393 e. The van der Waals surface area contributed by atoms with Crippen molar-refractivity contribution in [3.8, 4) is 0 Å². The lowest BCUT2D eigenvalue weighted by Crippen LogP contribution is -2.37. The zero-order valence-electron chi connectivity index (χ0n) is 9.59. The number of aromatic nitrogens is 1. The second-order valence-corrected chi connectivity index (χ2v) is 5.24. The van der Waals surface area contributed by atoms with E-state index >= 15 is 0 Å². The molecule has 7 heteroatoms. The second kappa shape index (κ2) is 4.50. The molecule has 1 aromatic rings. The zero-order valence-corrected chi connectivity index (χ0v) is 10.4. The Morgan fingerprint density at radius 2 is 2.29 bits per heavy atom. The van der Waals surface area contributed by atoms with E-state index in [2.05, 4.69) is 4.37 Å². The molecule has 0 bridgehead atoms. The van der Waals surface area contributed by atoms with Gasteiger partial charge in [-0.3, -0.25) is 4.79 Å². The van der Waals surface area contributed by atoms with Gasteiger partial charge < -0.3 is 21.5 Å². The standard InChI is InChI=1S/C10H16N4O2S/c1-14(4-5-2-6(15)3-5)10-7(9(12)16)8(11)13-17-10/h5-6,15H,2-4H2,1H3,(H2,11,13)(H2,12,16). The molecule has 5 N–H and O–H groups in total. The molecular formula is C10H16N4O2S. The predicted octanol–water partition coefficient (Wildman–Crippen LogP) is 0.0313. The van der Waals surface area contributed by atoms with Crippen LogP contribution in [0, 0.1) is 5.92 Å².